The van der Waals surface area contributed by atoms with Crippen LogP contribution in [0.4, 0.5) is 4.79 Å². The number of fused-ring (bicyclic) bond motifs is 1. The van der Waals surface area contributed by atoms with E-state index in [0.29, 0.717) is 0 Å². The molecule has 0 aliphatic heterocycles. The molecule has 0 saturated heterocycles. The molecule has 0 aliphatic rings. The van der Waals surface area contributed by atoms with E-state index in [2.05, 4.69) is 0 Å². The molecule has 3 heteroatoms. The van der Waals surface area contributed by atoms with Gasteiger partial charge in [0.2, 0.25) is 0 Å². The lowest BCUT2D eigenvalue weighted by Gasteiger charge is -2.19. The summed E-state index contributed by atoms with van der Waals surface area (Å²) in [5.41, 5.74) is 2.43. The molecule has 0 spiro atoms. The standard InChI is InChI=1S/C21H21NO2/c1-21(2,3)24-20(23)22-15-17(18-11-7-8-12-19(18)22)14-13-16-9-5-4-6-10-16/h4-15H,1-3H3/b14-13+. The molecule has 3 rings (SSSR count). The average molecular weight is 319 g/mol. The van der Waals surface area contributed by atoms with Crippen LogP contribution in [0.5, 0.6) is 0 Å². The van der Waals surface area contributed by atoms with Crippen molar-refractivity contribution in [2.24, 2.45) is 0 Å². The highest BCUT2D eigenvalue weighted by Crippen LogP contribution is 2.24. The second-order valence-electron chi connectivity index (χ2n) is 6.70. The fourth-order valence-corrected chi connectivity index (χ4v) is 2.55. The molecule has 0 fully saturated rings. The molecular weight excluding hydrogens is 298 g/mol. The van der Waals surface area contributed by atoms with Crippen LogP contribution < -0.4 is 0 Å². The van der Waals surface area contributed by atoms with Crippen molar-refractivity contribution in [3.63, 3.8) is 0 Å². The molecule has 24 heavy (non-hydrogen) atoms. The fraction of sp³-hybridized carbons (Fsp3) is 0.190. The summed E-state index contributed by atoms with van der Waals surface area (Å²) in [4.78, 5) is 12.5. The van der Waals surface area contributed by atoms with Gasteiger partial charge in [0.25, 0.3) is 0 Å². The number of benzene rings is 2. The number of hydrogen-bond donors (Lipinski definition) is 0. The van der Waals surface area contributed by atoms with Gasteiger partial charge in [0, 0.05) is 17.1 Å². The third kappa shape index (κ3) is 3.57. The van der Waals surface area contributed by atoms with Crippen molar-refractivity contribution in [2.75, 3.05) is 0 Å². The van der Waals surface area contributed by atoms with Gasteiger partial charge in [-0.3, -0.25) is 4.57 Å². The van der Waals surface area contributed by atoms with Crippen molar-refractivity contribution in [3.8, 4) is 0 Å². The zero-order valence-electron chi connectivity index (χ0n) is 14.2. The molecule has 0 amide bonds. The van der Waals surface area contributed by atoms with E-state index in [1.54, 1.807) is 4.57 Å². The molecule has 0 unspecified atom stereocenters. The highest BCUT2D eigenvalue weighted by atomic mass is 16.6. The lowest BCUT2D eigenvalue weighted by atomic mass is 10.1. The minimum Gasteiger partial charge on any atom is -0.443 e. The molecule has 0 radical (unpaired) electrons. The molecule has 1 aromatic heterocycles. The van der Waals surface area contributed by atoms with Crippen LogP contribution in [-0.4, -0.2) is 16.3 Å². The monoisotopic (exact) mass is 319 g/mol. The molecular formula is C21H21NO2. The van der Waals surface area contributed by atoms with Gasteiger partial charge in [0.1, 0.15) is 5.60 Å². The lowest BCUT2D eigenvalue weighted by Crippen LogP contribution is -2.26. The number of carbonyl (C=O) groups is 1. The van der Waals surface area contributed by atoms with Crippen molar-refractivity contribution in [3.05, 3.63) is 71.9 Å². The summed E-state index contributed by atoms with van der Waals surface area (Å²) in [7, 11) is 0. The molecule has 0 saturated carbocycles. The Morgan fingerprint density at radius 1 is 0.958 bits per heavy atom. The summed E-state index contributed by atoms with van der Waals surface area (Å²) >= 11 is 0. The van der Waals surface area contributed by atoms with Gasteiger partial charge < -0.3 is 4.74 Å². The average Bonchev–Trinajstić information content (AvgIpc) is 2.91. The first kappa shape index (κ1) is 16.1. The predicted octanol–water partition coefficient (Wildman–Crippen LogP) is 5.59. The van der Waals surface area contributed by atoms with Crippen molar-refractivity contribution in [1.82, 2.24) is 4.57 Å². The number of para-hydroxylation sites is 1. The largest absolute Gasteiger partial charge is 0.443 e. The second-order valence-corrected chi connectivity index (χ2v) is 6.70. The van der Waals surface area contributed by atoms with Gasteiger partial charge in [0.15, 0.2) is 0 Å². The van der Waals surface area contributed by atoms with Crippen LogP contribution in [0.25, 0.3) is 23.1 Å². The van der Waals surface area contributed by atoms with Crippen LogP contribution in [0.15, 0.2) is 60.8 Å². The van der Waals surface area contributed by atoms with Crippen LogP contribution >= 0.6 is 0 Å². The Hall–Kier alpha value is -2.81. The van der Waals surface area contributed by atoms with Crippen molar-refractivity contribution in [1.29, 1.82) is 0 Å². The minimum absolute atomic E-state index is 0.363. The molecule has 122 valence electrons. The summed E-state index contributed by atoms with van der Waals surface area (Å²) in [6.45, 7) is 5.60. The Balaban J connectivity index is 2.01. The van der Waals surface area contributed by atoms with Crippen molar-refractivity contribution >= 4 is 29.1 Å². The first-order valence-electron chi connectivity index (χ1n) is 8.01. The molecule has 3 aromatic rings. The van der Waals surface area contributed by atoms with E-state index >= 15 is 0 Å². The number of carbonyl (C=O) groups excluding carboxylic acids is 1. The van der Waals surface area contributed by atoms with Crippen LogP contribution in [0, 0.1) is 0 Å². The molecule has 2 aromatic carbocycles. The molecule has 0 N–H and O–H groups in total. The topological polar surface area (TPSA) is 31.2 Å². The minimum atomic E-state index is -0.525. The predicted molar refractivity (Wildman–Crippen MR) is 98.9 cm³/mol. The number of ether oxygens (including phenoxy) is 1. The van der Waals surface area contributed by atoms with Crippen molar-refractivity contribution < 1.29 is 9.53 Å². The van der Waals surface area contributed by atoms with Gasteiger partial charge in [-0.1, -0.05) is 60.7 Å². The van der Waals surface area contributed by atoms with E-state index in [9.17, 15) is 4.79 Å². The van der Waals surface area contributed by atoms with Gasteiger partial charge in [-0.05, 0) is 32.4 Å². The SMILES string of the molecule is CC(C)(C)OC(=O)n1cc(/C=C/c2ccccc2)c2ccccc21. The fourth-order valence-electron chi connectivity index (χ4n) is 2.55. The summed E-state index contributed by atoms with van der Waals surface area (Å²) in [5.74, 6) is 0. The Labute approximate surface area is 142 Å². The van der Waals surface area contributed by atoms with Crippen LogP contribution in [0.3, 0.4) is 0 Å². The van der Waals surface area contributed by atoms with E-state index < -0.39 is 5.60 Å². The maximum absolute atomic E-state index is 12.5. The Bertz CT molecular complexity index is 883. The molecule has 1 heterocycles. The Morgan fingerprint density at radius 3 is 2.33 bits per heavy atom. The highest BCUT2D eigenvalue weighted by molar-refractivity contribution is 5.97. The Kier molecular flexibility index (Phi) is 4.26. The smallest absolute Gasteiger partial charge is 0.419 e. The summed E-state index contributed by atoms with van der Waals surface area (Å²) in [6.07, 6.45) is 5.54. The van der Waals surface area contributed by atoms with Crippen LogP contribution in [-0.2, 0) is 4.74 Å². The van der Waals surface area contributed by atoms with Gasteiger partial charge >= 0.3 is 6.09 Å². The van der Waals surface area contributed by atoms with Crippen LogP contribution in [0.1, 0.15) is 31.9 Å². The van der Waals surface area contributed by atoms with Gasteiger partial charge in [-0.25, -0.2) is 4.79 Å². The summed E-state index contributed by atoms with van der Waals surface area (Å²) < 4.78 is 7.08. The number of rotatable bonds is 2. The molecule has 3 nitrogen and oxygen atoms in total. The van der Waals surface area contributed by atoms with E-state index in [4.69, 9.17) is 4.74 Å². The number of hydrogen-bond acceptors (Lipinski definition) is 2. The quantitative estimate of drug-likeness (QED) is 0.616. The first-order valence-corrected chi connectivity index (χ1v) is 8.01. The third-order valence-corrected chi connectivity index (χ3v) is 3.59. The maximum Gasteiger partial charge on any atom is 0.419 e. The zero-order chi connectivity index (χ0) is 17.2. The van der Waals surface area contributed by atoms with Gasteiger partial charge in [-0.15, -0.1) is 0 Å². The number of nitrogens with zero attached hydrogens (tertiary/aromatic N) is 1. The van der Waals surface area contributed by atoms with Crippen LogP contribution in [0.2, 0.25) is 0 Å². The van der Waals surface area contributed by atoms with Gasteiger partial charge in [0.05, 0.1) is 5.52 Å². The van der Waals surface area contributed by atoms with Crippen molar-refractivity contribution in [2.45, 2.75) is 26.4 Å². The Morgan fingerprint density at radius 2 is 1.62 bits per heavy atom. The van der Waals surface area contributed by atoms with Gasteiger partial charge in [-0.2, -0.15) is 0 Å². The number of aromatic nitrogens is 1. The van der Waals surface area contributed by atoms with E-state index in [-0.39, 0.29) is 6.09 Å². The van der Waals surface area contributed by atoms with E-state index in [1.807, 2.05) is 93.7 Å². The third-order valence-electron chi connectivity index (χ3n) is 3.59. The normalized spacial score (nSPS) is 12.0. The first-order chi connectivity index (χ1) is 11.4. The molecule has 0 aliphatic carbocycles. The zero-order valence-corrected chi connectivity index (χ0v) is 14.2. The van der Waals surface area contributed by atoms with E-state index in [1.165, 1.54) is 0 Å². The maximum atomic E-state index is 12.5. The lowest BCUT2D eigenvalue weighted by molar-refractivity contribution is 0.0544. The second kappa shape index (κ2) is 6.36. The molecule has 0 bridgehead atoms. The summed E-state index contributed by atoms with van der Waals surface area (Å²) in [5, 5.41) is 1.02. The molecule has 0 atom stereocenters. The summed E-state index contributed by atoms with van der Waals surface area (Å²) in [6, 6.07) is 17.9. The highest BCUT2D eigenvalue weighted by Gasteiger charge is 2.20. The van der Waals surface area contributed by atoms with E-state index in [0.717, 1.165) is 22.0 Å².